The van der Waals surface area contributed by atoms with E-state index in [4.69, 9.17) is 4.74 Å². The number of benzene rings is 1. The Hall–Kier alpha value is -2.70. The SMILES string of the molecule is CC(Nc1nccc(N2C(=O)OCC2C(C)C)n1)c1ccc(C2CC2)cc1F. The van der Waals surface area contributed by atoms with Gasteiger partial charge in [-0.05, 0) is 49.3 Å². The van der Waals surface area contributed by atoms with E-state index < -0.39 is 6.09 Å². The number of nitrogens with zero attached hydrogens (tertiary/aromatic N) is 3. The van der Waals surface area contributed by atoms with Crippen molar-refractivity contribution in [2.24, 2.45) is 5.92 Å². The number of amides is 1. The molecule has 1 aliphatic carbocycles. The van der Waals surface area contributed by atoms with Crippen molar-refractivity contribution >= 4 is 17.9 Å². The van der Waals surface area contributed by atoms with E-state index in [1.807, 2.05) is 32.9 Å². The molecule has 1 amide bonds. The number of halogens is 1. The second-order valence-corrected chi connectivity index (χ2v) is 7.92. The lowest BCUT2D eigenvalue weighted by atomic mass is 10.0. The van der Waals surface area contributed by atoms with Gasteiger partial charge in [-0.25, -0.2) is 14.2 Å². The van der Waals surface area contributed by atoms with Gasteiger partial charge in [0.25, 0.3) is 0 Å². The Balaban J connectivity index is 1.52. The predicted octanol–water partition coefficient (Wildman–Crippen LogP) is 4.65. The molecule has 1 saturated heterocycles. The molecule has 4 rings (SSSR count). The van der Waals surface area contributed by atoms with Crippen LogP contribution in [0.4, 0.5) is 21.0 Å². The Morgan fingerprint density at radius 1 is 1.25 bits per heavy atom. The molecule has 148 valence electrons. The molecular formula is C21H25FN4O2. The van der Waals surface area contributed by atoms with Gasteiger partial charge in [0.2, 0.25) is 5.95 Å². The lowest BCUT2D eigenvalue weighted by molar-refractivity contribution is 0.177. The molecule has 2 aromatic rings. The minimum Gasteiger partial charge on any atom is -0.447 e. The van der Waals surface area contributed by atoms with Crippen LogP contribution in [-0.2, 0) is 4.74 Å². The van der Waals surface area contributed by atoms with Gasteiger partial charge >= 0.3 is 6.09 Å². The van der Waals surface area contributed by atoms with Crippen molar-refractivity contribution in [1.29, 1.82) is 0 Å². The summed E-state index contributed by atoms with van der Waals surface area (Å²) in [5.41, 5.74) is 1.64. The Bertz CT molecular complexity index is 884. The summed E-state index contributed by atoms with van der Waals surface area (Å²) >= 11 is 0. The number of anilines is 2. The van der Waals surface area contributed by atoms with Crippen LogP contribution in [-0.4, -0.2) is 28.7 Å². The summed E-state index contributed by atoms with van der Waals surface area (Å²) in [6.07, 6.45) is 3.47. The standard InChI is InChI=1S/C21H25FN4O2/c1-12(2)18-11-28-21(27)26(18)19-8-9-23-20(25-19)24-13(3)16-7-6-15(10-17(16)22)14-4-5-14/h6-10,12-14,18H,4-5,11H2,1-3H3,(H,23,24,25). The van der Waals surface area contributed by atoms with Crippen LogP contribution in [0.3, 0.4) is 0 Å². The summed E-state index contributed by atoms with van der Waals surface area (Å²) in [7, 11) is 0. The minimum atomic E-state index is -0.405. The van der Waals surface area contributed by atoms with Crippen LogP contribution in [0.25, 0.3) is 0 Å². The number of aromatic nitrogens is 2. The molecule has 28 heavy (non-hydrogen) atoms. The first-order valence-corrected chi connectivity index (χ1v) is 9.79. The Labute approximate surface area is 164 Å². The number of hydrogen-bond acceptors (Lipinski definition) is 5. The Morgan fingerprint density at radius 3 is 2.71 bits per heavy atom. The molecule has 2 fully saturated rings. The van der Waals surface area contributed by atoms with Crippen LogP contribution < -0.4 is 10.2 Å². The summed E-state index contributed by atoms with van der Waals surface area (Å²) in [6, 6.07) is 6.77. The van der Waals surface area contributed by atoms with Crippen LogP contribution >= 0.6 is 0 Å². The molecule has 1 aromatic heterocycles. The van der Waals surface area contributed by atoms with Crippen LogP contribution in [0, 0.1) is 11.7 Å². The minimum absolute atomic E-state index is 0.0694. The quantitative estimate of drug-likeness (QED) is 0.785. The molecule has 0 radical (unpaired) electrons. The van der Waals surface area contributed by atoms with E-state index in [0.29, 0.717) is 29.9 Å². The molecule has 2 atom stereocenters. The molecule has 1 aromatic carbocycles. The fraction of sp³-hybridized carbons (Fsp3) is 0.476. The van der Waals surface area contributed by atoms with Gasteiger partial charge in [-0.1, -0.05) is 26.0 Å². The Kier molecular flexibility index (Phi) is 4.91. The second kappa shape index (κ2) is 7.37. The van der Waals surface area contributed by atoms with Gasteiger partial charge in [-0.3, -0.25) is 4.90 Å². The Morgan fingerprint density at radius 2 is 2.04 bits per heavy atom. The third-order valence-electron chi connectivity index (χ3n) is 5.45. The highest BCUT2D eigenvalue weighted by molar-refractivity contribution is 5.89. The second-order valence-electron chi connectivity index (χ2n) is 7.92. The smallest absolute Gasteiger partial charge is 0.415 e. The summed E-state index contributed by atoms with van der Waals surface area (Å²) in [6.45, 7) is 6.29. The third kappa shape index (κ3) is 3.66. The first kappa shape index (κ1) is 18.7. The van der Waals surface area contributed by atoms with Crippen LogP contribution in [0.2, 0.25) is 0 Å². The average molecular weight is 384 g/mol. The van der Waals surface area contributed by atoms with Crippen molar-refractivity contribution in [3.05, 3.63) is 47.4 Å². The van der Waals surface area contributed by atoms with E-state index >= 15 is 0 Å². The number of ether oxygens (including phenoxy) is 1. The fourth-order valence-electron chi connectivity index (χ4n) is 3.58. The lowest BCUT2D eigenvalue weighted by Gasteiger charge is -2.24. The highest BCUT2D eigenvalue weighted by Gasteiger charge is 2.37. The van der Waals surface area contributed by atoms with Crippen molar-refractivity contribution in [2.75, 3.05) is 16.8 Å². The zero-order valence-electron chi connectivity index (χ0n) is 16.4. The van der Waals surface area contributed by atoms with Crippen molar-refractivity contribution in [1.82, 2.24) is 9.97 Å². The van der Waals surface area contributed by atoms with Crippen molar-refractivity contribution in [3.8, 4) is 0 Å². The van der Waals surface area contributed by atoms with Crippen LogP contribution in [0.15, 0.2) is 30.5 Å². The maximum atomic E-state index is 14.6. The summed E-state index contributed by atoms with van der Waals surface area (Å²) in [5.74, 6) is 1.36. The lowest BCUT2D eigenvalue weighted by Crippen LogP contribution is -2.37. The molecule has 2 aliphatic rings. The molecule has 6 nitrogen and oxygen atoms in total. The van der Waals surface area contributed by atoms with E-state index in [1.165, 1.54) is 0 Å². The van der Waals surface area contributed by atoms with E-state index in [9.17, 15) is 9.18 Å². The fourth-order valence-corrected chi connectivity index (χ4v) is 3.58. The maximum absolute atomic E-state index is 14.6. The highest BCUT2D eigenvalue weighted by Crippen LogP contribution is 2.40. The zero-order valence-corrected chi connectivity index (χ0v) is 16.4. The van der Waals surface area contributed by atoms with Gasteiger partial charge in [0, 0.05) is 11.8 Å². The number of cyclic esters (lactones) is 1. The van der Waals surface area contributed by atoms with E-state index in [-0.39, 0.29) is 23.8 Å². The number of nitrogens with one attached hydrogen (secondary N) is 1. The molecule has 0 bridgehead atoms. The van der Waals surface area contributed by atoms with Crippen LogP contribution in [0.5, 0.6) is 0 Å². The highest BCUT2D eigenvalue weighted by atomic mass is 19.1. The third-order valence-corrected chi connectivity index (χ3v) is 5.45. The number of hydrogen-bond donors (Lipinski definition) is 1. The summed E-state index contributed by atoms with van der Waals surface area (Å²) in [5, 5.41) is 3.15. The molecular weight excluding hydrogens is 359 g/mol. The zero-order chi connectivity index (χ0) is 19.8. The molecule has 1 N–H and O–H groups in total. The van der Waals surface area contributed by atoms with Gasteiger partial charge in [-0.15, -0.1) is 0 Å². The van der Waals surface area contributed by atoms with Crippen molar-refractivity contribution in [2.45, 2.75) is 51.6 Å². The van der Waals surface area contributed by atoms with Gasteiger partial charge in [0.05, 0.1) is 12.1 Å². The van der Waals surface area contributed by atoms with Crippen molar-refractivity contribution in [3.63, 3.8) is 0 Å². The summed E-state index contributed by atoms with van der Waals surface area (Å²) < 4.78 is 19.7. The number of rotatable bonds is 6. The first-order valence-electron chi connectivity index (χ1n) is 9.79. The monoisotopic (exact) mass is 384 g/mol. The van der Waals surface area contributed by atoms with Gasteiger partial charge in [-0.2, -0.15) is 4.98 Å². The molecule has 0 spiro atoms. The predicted molar refractivity (Wildman–Crippen MR) is 105 cm³/mol. The van der Waals surface area contributed by atoms with Crippen molar-refractivity contribution < 1.29 is 13.9 Å². The molecule has 2 unspecified atom stereocenters. The molecule has 7 heteroatoms. The molecule has 1 aliphatic heterocycles. The van der Waals surface area contributed by atoms with Gasteiger partial charge in [0.15, 0.2) is 0 Å². The van der Waals surface area contributed by atoms with E-state index in [0.717, 1.165) is 18.4 Å². The number of carbonyl (C=O) groups is 1. The normalized spacial score (nSPS) is 20.4. The van der Waals surface area contributed by atoms with Gasteiger partial charge in [0.1, 0.15) is 18.2 Å². The summed E-state index contributed by atoms with van der Waals surface area (Å²) in [4.78, 5) is 22.4. The number of carbonyl (C=O) groups excluding carboxylic acids is 1. The largest absolute Gasteiger partial charge is 0.447 e. The topological polar surface area (TPSA) is 67.4 Å². The van der Waals surface area contributed by atoms with Crippen LogP contribution in [0.1, 0.15) is 56.7 Å². The van der Waals surface area contributed by atoms with E-state index in [2.05, 4.69) is 15.3 Å². The van der Waals surface area contributed by atoms with E-state index in [1.54, 1.807) is 23.2 Å². The molecule has 2 heterocycles. The maximum Gasteiger partial charge on any atom is 0.415 e. The van der Waals surface area contributed by atoms with Gasteiger partial charge < -0.3 is 10.1 Å². The first-order chi connectivity index (χ1) is 13.4. The average Bonchev–Trinajstić information content (AvgIpc) is 3.43. The molecule has 1 saturated carbocycles.